The second-order valence-corrected chi connectivity index (χ2v) is 5.13. The molecule has 3 rings (SSSR count). The van der Waals surface area contributed by atoms with Crippen LogP contribution in [0.3, 0.4) is 0 Å². The zero-order chi connectivity index (χ0) is 9.71. The summed E-state index contributed by atoms with van der Waals surface area (Å²) < 4.78 is 3.52. The van der Waals surface area contributed by atoms with Gasteiger partial charge in [0.1, 0.15) is 5.15 Å². The molecule has 0 saturated heterocycles. The molecule has 72 valence electrons. The van der Waals surface area contributed by atoms with Crippen molar-refractivity contribution in [3.63, 3.8) is 0 Å². The van der Waals surface area contributed by atoms with Crippen molar-refractivity contribution in [3.05, 3.63) is 27.2 Å². The molecule has 2 nitrogen and oxygen atoms in total. The third-order valence-electron chi connectivity index (χ3n) is 2.59. The summed E-state index contributed by atoms with van der Waals surface area (Å²) in [6, 6.07) is 2.74. The first-order valence-electron chi connectivity index (χ1n) is 4.58. The minimum atomic E-state index is 0.617. The molecule has 0 aromatic carbocycles. The van der Waals surface area contributed by atoms with Crippen molar-refractivity contribution >= 4 is 45.1 Å². The molecule has 2 heterocycles. The fourth-order valence-electron chi connectivity index (χ4n) is 1.77. The molecule has 0 atom stereocenters. The van der Waals surface area contributed by atoms with E-state index in [0.717, 1.165) is 5.39 Å². The van der Waals surface area contributed by atoms with Gasteiger partial charge in [-0.1, -0.05) is 11.6 Å². The molecule has 0 unspecified atom stereocenters. The summed E-state index contributed by atoms with van der Waals surface area (Å²) in [7, 11) is 0. The third-order valence-corrected chi connectivity index (χ3v) is 3.70. The number of hydrogen-bond donors (Lipinski definition) is 0. The van der Waals surface area contributed by atoms with Gasteiger partial charge in [0.15, 0.2) is 0 Å². The molecule has 0 spiro atoms. The molecule has 0 N–H and O–H groups in total. The van der Waals surface area contributed by atoms with E-state index in [1.807, 2.05) is 6.07 Å². The topological polar surface area (TPSA) is 17.8 Å². The Bertz CT molecular complexity index is 502. The number of aromatic nitrogens is 2. The summed E-state index contributed by atoms with van der Waals surface area (Å²) in [5, 5.41) is 1.72. The molecule has 2 aromatic rings. The Hall–Kier alpha value is -0.290. The van der Waals surface area contributed by atoms with Crippen molar-refractivity contribution in [2.45, 2.75) is 18.9 Å². The molecule has 14 heavy (non-hydrogen) atoms. The lowest BCUT2D eigenvalue weighted by molar-refractivity contribution is 0.774. The van der Waals surface area contributed by atoms with Gasteiger partial charge in [0.2, 0.25) is 0 Å². The van der Waals surface area contributed by atoms with E-state index < -0.39 is 0 Å². The number of halogens is 2. The lowest BCUT2D eigenvalue weighted by Crippen LogP contribution is -1.90. The third kappa shape index (κ3) is 1.26. The van der Waals surface area contributed by atoms with Gasteiger partial charge in [-0.05, 0) is 41.5 Å². The van der Waals surface area contributed by atoms with E-state index in [-0.39, 0.29) is 0 Å². The van der Waals surface area contributed by atoms with Gasteiger partial charge in [0, 0.05) is 22.0 Å². The van der Waals surface area contributed by atoms with Crippen LogP contribution in [0.25, 0.3) is 10.9 Å². The number of pyridine rings is 1. The molecule has 2 aromatic heterocycles. The largest absolute Gasteiger partial charge is 0.343 e. The zero-order valence-electron chi connectivity index (χ0n) is 7.37. The first-order valence-corrected chi connectivity index (χ1v) is 6.03. The summed E-state index contributed by atoms with van der Waals surface area (Å²) in [5.74, 6) is 0. The Morgan fingerprint density at radius 3 is 3.00 bits per heavy atom. The smallest absolute Gasteiger partial charge is 0.139 e. The first-order chi connectivity index (χ1) is 6.77. The van der Waals surface area contributed by atoms with Crippen LogP contribution in [0.15, 0.2) is 18.5 Å². The number of fused-ring (bicyclic) bond motifs is 1. The molecule has 0 bridgehead atoms. The molecule has 0 aliphatic heterocycles. The molecule has 0 amide bonds. The van der Waals surface area contributed by atoms with Gasteiger partial charge in [-0.2, -0.15) is 0 Å². The predicted octanol–water partition coefficient (Wildman–Crippen LogP) is 3.63. The quantitative estimate of drug-likeness (QED) is 0.580. The van der Waals surface area contributed by atoms with Gasteiger partial charge in [-0.25, -0.2) is 4.98 Å². The minimum absolute atomic E-state index is 0.617. The predicted molar refractivity (Wildman–Crippen MR) is 65.7 cm³/mol. The normalized spacial score (nSPS) is 16.4. The lowest BCUT2D eigenvalue weighted by Gasteiger charge is -2.01. The number of nitrogens with zero attached hydrogens (tertiary/aromatic N) is 2. The van der Waals surface area contributed by atoms with Gasteiger partial charge in [0.05, 0.1) is 10.9 Å². The van der Waals surface area contributed by atoms with Crippen molar-refractivity contribution in [2.75, 3.05) is 0 Å². The van der Waals surface area contributed by atoms with E-state index in [4.69, 9.17) is 11.6 Å². The van der Waals surface area contributed by atoms with Crippen LogP contribution in [0.2, 0.25) is 5.15 Å². The fraction of sp³-hybridized carbons (Fsp3) is 0.300. The highest BCUT2D eigenvalue weighted by Gasteiger charge is 2.25. The van der Waals surface area contributed by atoms with Crippen LogP contribution in [0.1, 0.15) is 18.9 Å². The van der Waals surface area contributed by atoms with Crippen LogP contribution < -0.4 is 0 Å². The van der Waals surface area contributed by atoms with E-state index in [1.54, 1.807) is 6.20 Å². The van der Waals surface area contributed by atoms with Crippen molar-refractivity contribution in [1.82, 2.24) is 9.55 Å². The Kier molecular flexibility index (Phi) is 1.99. The molecule has 1 aliphatic carbocycles. The molecule has 4 heteroatoms. The SMILES string of the molecule is Clc1nccc2c1c(I)cn2C1CC1. The van der Waals surface area contributed by atoms with Gasteiger partial charge >= 0.3 is 0 Å². The molecule has 0 radical (unpaired) electrons. The number of rotatable bonds is 1. The lowest BCUT2D eigenvalue weighted by atomic mass is 10.3. The van der Waals surface area contributed by atoms with E-state index >= 15 is 0 Å². The van der Waals surface area contributed by atoms with E-state index in [0.29, 0.717) is 11.2 Å². The summed E-state index contributed by atoms with van der Waals surface area (Å²) in [5.41, 5.74) is 1.22. The standard InChI is InChI=1S/C10H8ClIN2/c11-10-9-7(12)5-14(6-1-2-6)8(9)3-4-13-10/h3-6H,1-2H2. The molecule has 1 saturated carbocycles. The highest BCUT2D eigenvalue weighted by Crippen LogP contribution is 2.40. The zero-order valence-corrected chi connectivity index (χ0v) is 10.3. The van der Waals surface area contributed by atoms with Crippen LogP contribution in [0.4, 0.5) is 0 Å². The van der Waals surface area contributed by atoms with E-state index in [2.05, 4.69) is 38.3 Å². The number of hydrogen-bond acceptors (Lipinski definition) is 1. The summed E-state index contributed by atoms with van der Waals surface area (Å²) in [4.78, 5) is 4.11. The molecular formula is C10H8ClIN2. The van der Waals surface area contributed by atoms with Crippen LogP contribution in [0, 0.1) is 3.57 Å². The van der Waals surface area contributed by atoms with Crippen LogP contribution in [-0.4, -0.2) is 9.55 Å². The minimum Gasteiger partial charge on any atom is -0.343 e. The van der Waals surface area contributed by atoms with E-state index in [1.165, 1.54) is 21.9 Å². The monoisotopic (exact) mass is 318 g/mol. The Morgan fingerprint density at radius 1 is 1.50 bits per heavy atom. The first kappa shape index (κ1) is 8.97. The van der Waals surface area contributed by atoms with Crippen molar-refractivity contribution in [2.24, 2.45) is 0 Å². The summed E-state index contributed by atoms with van der Waals surface area (Å²) in [6.07, 6.45) is 6.54. The highest BCUT2D eigenvalue weighted by molar-refractivity contribution is 14.1. The van der Waals surface area contributed by atoms with Crippen molar-refractivity contribution in [1.29, 1.82) is 0 Å². The van der Waals surface area contributed by atoms with Gasteiger partial charge in [0.25, 0.3) is 0 Å². The van der Waals surface area contributed by atoms with Crippen LogP contribution >= 0.6 is 34.2 Å². The van der Waals surface area contributed by atoms with Crippen molar-refractivity contribution < 1.29 is 0 Å². The summed E-state index contributed by atoms with van der Waals surface area (Å²) in [6.45, 7) is 0. The Morgan fingerprint density at radius 2 is 2.29 bits per heavy atom. The Labute approximate surface area is 100 Å². The second-order valence-electron chi connectivity index (χ2n) is 3.61. The van der Waals surface area contributed by atoms with Gasteiger partial charge < -0.3 is 4.57 Å². The molecule has 1 fully saturated rings. The average molecular weight is 319 g/mol. The van der Waals surface area contributed by atoms with Crippen LogP contribution in [-0.2, 0) is 0 Å². The highest BCUT2D eigenvalue weighted by atomic mass is 127. The van der Waals surface area contributed by atoms with Crippen molar-refractivity contribution in [3.8, 4) is 0 Å². The van der Waals surface area contributed by atoms with Gasteiger partial charge in [-0.3, -0.25) is 0 Å². The molecular weight excluding hydrogens is 310 g/mol. The Balaban J connectivity index is 2.37. The second kappa shape index (κ2) is 3.10. The average Bonchev–Trinajstić information content (AvgIpc) is 2.93. The van der Waals surface area contributed by atoms with Crippen LogP contribution in [0.5, 0.6) is 0 Å². The molecule has 1 aliphatic rings. The maximum atomic E-state index is 6.07. The fourth-order valence-corrected chi connectivity index (χ4v) is 3.02. The maximum absolute atomic E-state index is 6.07. The maximum Gasteiger partial charge on any atom is 0.139 e. The summed E-state index contributed by atoms with van der Waals surface area (Å²) >= 11 is 8.39. The van der Waals surface area contributed by atoms with E-state index in [9.17, 15) is 0 Å². The van der Waals surface area contributed by atoms with Gasteiger partial charge in [-0.15, -0.1) is 0 Å².